The van der Waals surface area contributed by atoms with Crippen LogP contribution in [0, 0.1) is 0 Å². The molecule has 0 atom stereocenters. The molecule has 0 bridgehead atoms. The van der Waals surface area contributed by atoms with Gasteiger partial charge in [-0.3, -0.25) is 0 Å². The van der Waals surface area contributed by atoms with E-state index in [-0.39, 0.29) is 12.7 Å². The van der Waals surface area contributed by atoms with Gasteiger partial charge >= 0.3 is 6.09 Å². The van der Waals surface area contributed by atoms with Crippen LogP contribution in [-0.2, 0) is 11.3 Å². The van der Waals surface area contributed by atoms with E-state index in [0.29, 0.717) is 18.6 Å². The van der Waals surface area contributed by atoms with Gasteiger partial charge in [0.05, 0.1) is 6.61 Å². The Morgan fingerprint density at radius 1 is 1.14 bits per heavy atom. The van der Waals surface area contributed by atoms with Gasteiger partial charge in [-0.2, -0.15) is 0 Å². The van der Waals surface area contributed by atoms with Crippen LogP contribution in [-0.4, -0.2) is 48.9 Å². The molecular weight excluding hydrogens is 352 g/mol. The average molecular weight is 391 g/mol. The molecule has 2 N–H and O–H groups in total. The third-order valence-corrected chi connectivity index (χ3v) is 5.80. The molecule has 1 aromatic carbocycles. The molecule has 1 aliphatic rings. The zero-order valence-electron chi connectivity index (χ0n) is 17.7. The Balaban J connectivity index is 1.72. The molecule has 5 nitrogen and oxygen atoms in total. The van der Waals surface area contributed by atoms with E-state index in [2.05, 4.69) is 36.5 Å². The van der Waals surface area contributed by atoms with E-state index in [1.807, 2.05) is 7.05 Å². The first-order valence-electron chi connectivity index (χ1n) is 11.0. The molecule has 0 saturated heterocycles. The highest BCUT2D eigenvalue weighted by atomic mass is 16.6. The number of ether oxygens (including phenoxy) is 1. The molecular formula is C23H38N2O3. The summed E-state index contributed by atoms with van der Waals surface area (Å²) in [6.07, 6.45) is 8.00. The molecule has 1 amide bonds. The fraction of sp³-hybridized carbons (Fsp3) is 0.696. The average Bonchev–Trinajstić information content (AvgIpc) is 2.74. The first kappa shape index (κ1) is 22.7. The van der Waals surface area contributed by atoms with E-state index in [4.69, 9.17) is 9.84 Å². The summed E-state index contributed by atoms with van der Waals surface area (Å²) in [6, 6.07) is 9.26. The van der Waals surface area contributed by atoms with Gasteiger partial charge in [-0.1, -0.05) is 37.6 Å². The number of rotatable bonds is 11. The van der Waals surface area contributed by atoms with E-state index in [9.17, 15) is 4.79 Å². The van der Waals surface area contributed by atoms with Crippen molar-refractivity contribution in [1.82, 2.24) is 10.2 Å². The van der Waals surface area contributed by atoms with Gasteiger partial charge in [0.2, 0.25) is 0 Å². The molecule has 1 saturated carbocycles. The van der Waals surface area contributed by atoms with Crippen LogP contribution < -0.4 is 5.32 Å². The minimum absolute atomic E-state index is 0.173. The number of hydrogen-bond acceptors (Lipinski definition) is 4. The molecule has 1 aromatic rings. The second-order valence-electron chi connectivity index (χ2n) is 7.93. The predicted molar refractivity (Wildman–Crippen MR) is 113 cm³/mol. The van der Waals surface area contributed by atoms with Crippen LogP contribution in [0.2, 0.25) is 0 Å². The Bertz CT molecular complexity index is 553. The molecule has 158 valence electrons. The number of aliphatic hydroxyl groups excluding tert-OH is 1. The number of nitrogens with zero attached hydrogens (tertiary/aromatic N) is 1. The lowest BCUT2D eigenvalue weighted by molar-refractivity contribution is 0.0864. The van der Waals surface area contributed by atoms with Crippen LogP contribution in [0.5, 0.6) is 0 Å². The van der Waals surface area contributed by atoms with Gasteiger partial charge in [0, 0.05) is 26.2 Å². The van der Waals surface area contributed by atoms with Crippen LogP contribution >= 0.6 is 0 Å². The van der Waals surface area contributed by atoms with Gasteiger partial charge in [0.1, 0.15) is 0 Å². The lowest BCUT2D eigenvalue weighted by Crippen LogP contribution is -2.39. The second kappa shape index (κ2) is 12.8. The predicted octanol–water partition coefficient (Wildman–Crippen LogP) is 4.44. The molecule has 28 heavy (non-hydrogen) atoms. The highest BCUT2D eigenvalue weighted by Gasteiger charge is 2.27. The van der Waals surface area contributed by atoms with Crippen LogP contribution in [0.15, 0.2) is 24.3 Å². The first-order valence-corrected chi connectivity index (χ1v) is 11.0. The first-order chi connectivity index (χ1) is 13.7. The molecule has 0 aliphatic heterocycles. The van der Waals surface area contributed by atoms with E-state index < -0.39 is 0 Å². The van der Waals surface area contributed by atoms with Gasteiger partial charge < -0.3 is 20.1 Å². The van der Waals surface area contributed by atoms with Gasteiger partial charge in [-0.05, 0) is 68.5 Å². The van der Waals surface area contributed by atoms with Crippen molar-refractivity contribution in [1.29, 1.82) is 0 Å². The SMILES string of the molecule is CCCCOC(=O)N(C)C1CCC(c2ccc(CNCCCCO)cc2)CC1. The van der Waals surface area contributed by atoms with E-state index in [1.54, 1.807) is 4.90 Å². The number of aliphatic hydroxyl groups is 1. The Hall–Kier alpha value is -1.59. The third-order valence-electron chi connectivity index (χ3n) is 5.80. The fourth-order valence-corrected chi connectivity index (χ4v) is 3.85. The number of amides is 1. The highest BCUT2D eigenvalue weighted by Crippen LogP contribution is 2.34. The van der Waals surface area contributed by atoms with Crippen molar-refractivity contribution in [3.05, 3.63) is 35.4 Å². The summed E-state index contributed by atoms with van der Waals surface area (Å²) in [5, 5.41) is 12.2. The van der Waals surface area contributed by atoms with Gasteiger partial charge in [-0.25, -0.2) is 4.79 Å². The molecule has 0 spiro atoms. The number of carbonyl (C=O) groups is 1. The lowest BCUT2D eigenvalue weighted by atomic mass is 9.81. The molecule has 0 unspecified atom stereocenters. The maximum atomic E-state index is 12.1. The lowest BCUT2D eigenvalue weighted by Gasteiger charge is -2.34. The van der Waals surface area contributed by atoms with Crippen LogP contribution in [0.4, 0.5) is 4.79 Å². The van der Waals surface area contributed by atoms with Gasteiger partial charge in [0.15, 0.2) is 0 Å². The Morgan fingerprint density at radius 3 is 2.50 bits per heavy atom. The number of carbonyl (C=O) groups excluding carboxylic acids is 1. The smallest absolute Gasteiger partial charge is 0.409 e. The minimum atomic E-state index is -0.173. The third kappa shape index (κ3) is 7.44. The quantitative estimate of drug-likeness (QED) is 0.548. The fourth-order valence-electron chi connectivity index (χ4n) is 3.85. The molecule has 0 aromatic heterocycles. The van der Waals surface area contributed by atoms with E-state index in [0.717, 1.165) is 64.5 Å². The minimum Gasteiger partial charge on any atom is -0.449 e. The van der Waals surface area contributed by atoms with Crippen LogP contribution in [0.1, 0.15) is 75.3 Å². The summed E-state index contributed by atoms with van der Waals surface area (Å²) in [5.41, 5.74) is 2.71. The monoisotopic (exact) mass is 390 g/mol. The summed E-state index contributed by atoms with van der Waals surface area (Å²) in [5.74, 6) is 0.590. The second-order valence-corrected chi connectivity index (χ2v) is 7.93. The zero-order chi connectivity index (χ0) is 20.2. The maximum Gasteiger partial charge on any atom is 0.409 e. The highest BCUT2D eigenvalue weighted by molar-refractivity contribution is 5.67. The summed E-state index contributed by atoms with van der Waals surface area (Å²) < 4.78 is 5.34. The van der Waals surface area contributed by atoms with Crippen molar-refractivity contribution in [2.24, 2.45) is 0 Å². The standard InChI is InChI=1S/C23H38N2O3/c1-3-4-17-28-23(27)25(2)22-13-11-21(12-14-22)20-9-7-19(8-10-20)18-24-15-5-6-16-26/h7-10,21-22,24,26H,3-6,11-18H2,1-2H3. The Morgan fingerprint density at radius 2 is 1.86 bits per heavy atom. The van der Waals surface area contributed by atoms with Gasteiger partial charge in [0.25, 0.3) is 0 Å². The van der Waals surface area contributed by atoms with Crippen LogP contribution in [0.3, 0.4) is 0 Å². The normalized spacial score (nSPS) is 19.4. The molecule has 1 fully saturated rings. The van der Waals surface area contributed by atoms with Crippen molar-refractivity contribution in [3.63, 3.8) is 0 Å². The number of benzene rings is 1. The molecule has 2 rings (SSSR count). The zero-order valence-corrected chi connectivity index (χ0v) is 17.7. The van der Waals surface area contributed by atoms with Crippen molar-refractivity contribution < 1.29 is 14.6 Å². The Labute approximate surface area is 170 Å². The van der Waals surface area contributed by atoms with Gasteiger partial charge in [-0.15, -0.1) is 0 Å². The topological polar surface area (TPSA) is 61.8 Å². The summed E-state index contributed by atoms with van der Waals surface area (Å²) >= 11 is 0. The van der Waals surface area contributed by atoms with Crippen molar-refractivity contribution in [2.75, 3.05) is 26.8 Å². The molecule has 5 heteroatoms. The number of nitrogens with one attached hydrogen (secondary N) is 1. The summed E-state index contributed by atoms with van der Waals surface area (Å²) in [4.78, 5) is 13.9. The Kier molecular flexibility index (Phi) is 10.4. The maximum absolute atomic E-state index is 12.1. The van der Waals surface area contributed by atoms with Crippen molar-refractivity contribution >= 4 is 6.09 Å². The number of hydrogen-bond donors (Lipinski definition) is 2. The summed E-state index contributed by atoms with van der Waals surface area (Å²) in [7, 11) is 1.88. The molecule has 0 radical (unpaired) electrons. The van der Waals surface area contributed by atoms with E-state index >= 15 is 0 Å². The molecule has 0 heterocycles. The van der Waals surface area contributed by atoms with Crippen molar-refractivity contribution in [3.8, 4) is 0 Å². The largest absolute Gasteiger partial charge is 0.449 e. The summed E-state index contributed by atoms with van der Waals surface area (Å²) in [6.45, 7) is 4.72. The van der Waals surface area contributed by atoms with Crippen molar-refractivity contribution in [2.45, 2.75) is 76.8 Å². The van der Waals surface area contributed by atoms with Crippen LogP contribution in [0.25, 0.3) is 0 Å². The molecule has 1 aliphatic carbocycles. The number of unbranched alkanes of at least 4 members (excludes halogenated alkanes) is 2. The van der Waals surface area contributed by atoms with E-state index in [1.165, 1.54) is 11.1 Å².